The van der Waals surface area contributed by atoms with Crippen LogP contribution in [0.15, 0.2) is 4.79 Å². The van der Waals surface area contributed by atoms with Gasteiger partial charge in [0.1, 0.15) is 16.9 Å². The minimum Gasteiger partial charge on any atom is -0.309 e. The lowest BCUT2D eigenvalue weighted by Crippen LogP contribution is -2.12. The van der Waals surface area contributed by atoms with Crippen molar-refractivity contribution in [3.8, 4) is 0 Å². The Hall–Kier alpha value is -1.65. The van der Waals surface area contributed by atoms with Crippen LogP contribution in [0, 0.1) is 5.92 Å². The zero-order valence-electron chi connectivity index (χ0n) is 12.1. The highest BCUT2D eigenvalue weighted by molar-refractivity contribution is 5.76. The number of rotatable bonds is 5. The third-order valence-electron chi connectivity index (χ3n) is 3.24. The van der Waals surface area contributed by atoms with E-state index in [0.717, 1.165) is 36.3 Å². The molecule has 2 aromatic rings. The molecule has 2 aromatic heterocycles. The quantitative estimate of drug-likeness (QED) is 0.870. The highest BCUT2D eigenvalue weighted by Gasteiger charge is 2.14. The number of nitrogens with zero attached hydrogens (tertiary/aromatic N) is 2. The Morgan fingerprint density at radius 2 is 1.95 bits per heavy atom. The maximum atomic E-state index is 12.0. The zero-order valence-corrected chi connectivity index (χ0v) is 12.1. The van der Waals surface area contributed by atoms with Crippen LogP contribution in [-0.2, 0) is 6.42 Å². The van der Waals surface area contributed by atoms with E-state index in [1.807, 2.05) is 0 Å². The maximum absolute atomic E-state index is 12.0. The molecular formula is C14H22N4O. The number of H-pyrrole nitrogens is 2. The van der Waals surface area contributed by atoms with Gasteiger partial charge in [0.05, 0.1) is 5.69 Å². The van der Waals surface area contributed by atoms with Crippen molar-refractivity contribution in [2.75, 3.05) is 0 Å². The third kappa shape index (κ3) is 3.03. The van der Waals surface area contributed by atoms with E-state index >= 15 is 0 Å². The molecule has 104 valence electrons. The Balaban J connectivity index is 2.31. The van der Waals surface area contributed by atoms with Gasteiger partial charge in [-0.25, -0.2) is 4.98 Å². The molecule has 0 bridgehead atoms. The molecule has 0 aliphatic rings. The Morgan fingerprint density at radius 3 is 2.58 bits per heavy atom. The number of hydrogen-bond acceptors (Lipinski definition) is 3. The van der Waals surface area contributed by atoms with Gasteiger partial charge in [0.2, 0.25) is 0 Å². The zero-order chi connectivity index (χ0) is 14.0. The van der Waals surface area contributed by atoms with Crippen molar-refractivity contribution in [2.45, 2.75) is 52.9 Å². The van der Waals surface area contributed by atoms with Gasteiger partial charge in [-0.15, -0.1) is 0 Å². The second-order valence-corrected chi connectivity index (χ2v) is 5.79. The fourth-order valence-corrected chi connectivity index (χ4v) is 2.18. The summed E-state index contributed by atoms with van der Waals surface area (Å²) in [5.41, 5.74) is 1.95. The highest BCUT2D eigenvalue weighted by Crippen LogP contribution is 2.19. The summed E-state index contributed by atoms with van der Waals surface area (Å²) in [5, 5.41) is 6.98. The molecule has 0 radical (unpaired) electrons. The topological polar surface area (TPSA) is 74.4 Å². The average Bonchev–Trinajstić information content (AvgIpc) is 2.72. The van der Waals surface area contributed by atoms with Crippen LogP contribution < -0.4 is 5.56 Å². The largest absolute Gasteiger partial charge is 0.309 e. The van der Waals surface area contributed by atoms with E-state index in [4.69, 9.17) is 0 Å². The van der Waals surface area contributed by atoms with Crippen molar-refractivity contribution in [1.82, 2.24) is 20.2 Å². The Kier molecular flexibility index (Phi) is 4.02. The number of aromatic nitrogens is 4. The van der Waals surface area contributed by atoms with E-state index in [1.165, 1.54) is 0 Å². The molecule has 0 fully saturated rings. The normalized spacial score (nSPS) is 11.9. The molecule has 5 nitrogen and oxygen atoms in total. The van der Waals surface area contributed by atoms with Crippen molar-refractivity contribution >= 4 is 11.0 Å². The third-order valence-corrected chi connectivity index (χ3v) is 3.24. The summed E-state index contributed by atoms with van der Waals surface area (Å²) in [6, 6.07) is 0. The fraction of sp³-hybridized carbons (Fsp3) is 0.643. The van der Waals surface area contributed by atoms with Crippen LogP contribution in [0.5, 0.6) is 0 Å². The minimum atomic E-state index is -0.121. The summed E-state index contributed by atoms with van der Waals surface area (Å²) in [6.07, 6.45) is 3.00. The van der Waals surface area contributed by atoms with E-state index in [-0.39, 0.29) is 11.5 Å². The molecular weight excluding hydrogens is 240 g/mol. The molecule has 0 unspecified atom stereocenters. The average molecular weight is 262 g/mol. The first-order valence-corrected chi connectivity index (χ1v) is 6.96. The molecule has 19 heavy (non-hydrogen) atoms. The lowest BCUT2D eigenvalue weighted by atomic mass is 10.1. The van der Waals surface area contributed by atoms with Crippen LogP contribution in [0.3, 0.4) is 0 Å². The van der Waals surface area contributed by atoms with Gasteiger partial charge in [-0.3, -0.25) is 9.89 Å². The SMILES string of the molecule is CC(C)CCCc1nc2c(C(C)C)n[nH]c2c(=O)[nH]1. The van der Waals surface area contributed by atoms with Gasteiger partial charge in [-0.05, 0) is 18.3 Å². The molecule has 2 N–H and O–H groups in total. The molecule has 2 heterocycles. The van der Waals surface area contributed by atoms with Crippen LogP contribution >= 0.6 is 0 Å². The summed E-state index contributed by atoms with van der Waals surface area (Å²) in [7, 11) is 0. The van der Waals surface area contributed by atoms with E-state index < -0.39 is 0 Å². The first-order chi connectivity index (χ1) is 8.99. The summed E-state index contributed by atoms with van der Waals surface area (Å²) in [4.78, 5) is 19.4. The molecule has 5 heteroatoms. The van der Waals surface area contributed by atoms with Crippen molar-refractivity contribution < 1.29 is 0 Å². The molecule has 0 amide bonds. The Morgan fingerprint density at radius 1 is 1.21 bits per heavy atom. The first-order valence-electron chi connectivity index (χ1n) is 6.96. The predicted octanol–water partition coefficient (Wildman–Crippen LogP) is 2.75. The van der Waals surface area contributed by atoms with Crippen molar-refractivity contribution in [1.29, 1.82) is 0 Å². The van der Waals surface area contributed by atoms with Gasteiger partial charge in [-0.1, -0.05) is 34.1 Å². The van der Waals surface area contributed by atoms with Gasteiger partial charge >= 0.3 is 0 Å². The highest BCUT2D eigenvalue weighted by atomic mass is 16.1. The monoisotopic (exact) mass is 262 g/mol. The van der Waals surface area contributed by atoms with Gasteiger partial charge in [-0.2, -0.15) is 5.10 Å². The smallest absolute Gasteiger partial charge is 0.276 e. The first kappa shape index (κ1) is 13.8. The van der Waals surface area contributed by atoms with Gasteiger partial charge in [0.25, 0.3) is 5.56 Å². The number of aryl methyl sites for hydroxylation is 1. The molecule has 0 aliphatic carbocycles. The lowest BCUT2D eigenvalue weighted by molar-refractivity contribution is 0.549. The second-order valence-electron chi connectivity index (χ2n) is 5.79. The maximum Gasteiger partial charge on any atom is 0.276 e. The van der Waals surface area contributed by atoms with E-state index in [2.05, 4.69) is 47.9 Å². The fourth-order valence-electron chi connectivity index (χ4n) is 2.18. The molecule has 0 spiro atoms. The molecule has 0 aliphatic heterocycles. The van der Waals surface area contributed by atoms with E-state index in [9.17, 15) is 4.79 Å². The van der Waals surface area contributed by atoms with Crippen molar-refractivity contribution in [3.05, 3.63) is 21.9 Å². The summed E-state index contributed by atoms with van der Waals surface area (Å²) >= 11 is 0. The van der Waals surface area contributed by atoms with E-state index in [0.29, 0.717) is 11.4 Å². The van der Waals surface area contributed by atoms with Gasteiger partial charge in [0.15, 0.2) is 0 Å². The number of nitrogens with one attached hydrogen (secondary N) is 2. The van der Waals surface area contributed by atoms with Crippen LogP contribution in [0.1, 0.15) is 58.0 Å². The van der Waals surface area contributed by atoms with E-state index in [1.54, 1.807) is 0 Å². The summed E-state index contributed by atoms with van der Waals surface area (Å²) in [5.74, 6) is 1.70. The van der Waals surface area contributed by atoms with Crippen molar-refractivity contribution in [3.63, 3.8) is 0 Å². The molecule has 2 rings (SSSR count). The summed E-state index contributed by atoms with van der Waals surface area (Å²) in [6.45, 7) is 8.51. The second kappa shape index (κ2) is 5.55. The number of fused-ring (bicyclic) bond motifs is 1. The van der Waals surface area contributed by atoms with Crippen LogP contribution in [0.2, 0.25) is 0 Å². The number of aromatic amines is 2. The Labute approximate surface area is 112 Å². The van der Waals surface area contributed by atoms with Crippen LogP contribution in [0.25, 0.3) is 11.0 Å². The Bertz CT molecular complexity index is 609. The summed E-state index contributed by atoms with van der Waals surface area (Å²) < 4.78 is 0. The predicted molar refractivity (Wildman–Crippen MR) is 76.4 cm³/mol. The lowest BCUT2D eigenvalue weighted by Gasteiger charge is -2.05. The molecule has 0 aromatic carbocycles. The minimum absolute atomic E-state index is 0.121. The standard InChI is InChI=1S/C14H22N4O/c1-8(2)6-5-7-10-15-12-11(9(3)4)17-18-13(12)14(19)16-10/h8-9H,5-7H2,1-4H3,(H,17,18)(H,15,16,19). The molecule has 0 atom stereocenters. The molecule has 0 saturated carbocycles. The van der Waals surface area contributed by atoms with Crippen LogP contribution in [0.4, 0.5) is 0 Å². The number of hydrogen-bond donors (Lipinski definition) is 2. The van der Waals surface area contributed by atoms with Gasteiger partial charge < -0.3 is 4.98 Å². The van der Waals surface area contributed by atoms with Crippen LogP contribution in [-0.4, -0.2) is 20.2 Å². The van der Waals surface area contributed by atoms with Gasteiger partial charge in [0, 0.05) is 6.42 Å². The molecule has 0 saturated heterocycles. The van der Waals surface area contributed by atoms with Crippen molar-refractivity contribution in [2.24, 2.45) is 5.92 Å².